The van der Waals surface area contributed by atoms with Crippen LogP contribution in [-0.2, 0) is 19.4 Å². The van der Waals surface area contributed by atoms with Crippen molar-refractivity contribution in [2.24, 2.45) is 5.92 Å². The maximum Gasteiger partial charge on any atom is 0.323 e. The Balaban J connectivity index is 1.44. The van der Waals surface area contributed by atoms with E-state index in [1.54, 1.807) is 0 Å². The van der Waals surface area contributed by atoms with Crippen LogP contribution in [0.5, 0.6) is 11.5 Å². The minimum absolute atomic E-state index is 0.247. The van der Waals surface area contributed by atoms with Gasteiger partial charge in [0.15, 0.2) is 0 Å². The highest BCUT2D eigenvalue weighted by Crippen LogP contribution is 2.33. The van der Waals surface area contributed by atoms with Crippen molar-refractivity contribution in [2.75, 3.05) is 45.4 Å². The molecular formula is C29H36N4O2. The molecule has 6 nitrogen and oxygen atoms in total. The lowest BCUT2D eigenvalue weighted by Crippen LogP contribution is -2.28. The van der Waals surface area contributed by atoms with E-state index in [2.05, 4.69) is 60.8 Å². The molecule has 3 aromatic carbocycles. The lowest BCUT2D eigenvalue weighted by molar-refractivity contribution is 0.262. The zero-order valence-electron chi connectivity index (χ0n) is 21.2. The number of carbonyl (C=O) groups excluding carboxylic acids is 1. The Hall–Kier alpha value is -3.35. The van der Waals surface area contributed by atoms with E-state index < -0.39 is 0 Å². The van der Waals surface area contributed by atoms with Crippen LogP contribution in [0, 0.1) is 5.92 Å². The van der Waals surface area contributed by atoms with Gasteiger partial charge >= 0.3 is 6.03 Å². The summed E-state index contributed by atoms with van der Waals surface area (Å²) in [5.74, 6) is 2.18. The first-order chi connectivity index (χ1) is 16.9. The van der Waals surface area contributed by atoms with Crippen molar-refractivity contribution >= 4 is 17.4 Å². The second-order valence-corrected chi connectivity index (χ2v) is 9.86. The molecule has 4 rings (SSSR count). The number of amides is 2. The largest absolute Gasteiger partial charge is 0.457 e. The molecule has 0 radical (unpaired) electrons. The molecule has 35 heavy (non-hydrogen) atoms. The molecule has 184 valence electrons. The molecule has 1 aliphatic carbocycles. The molecule has 2 N–H and O–H groups in total. The molecule has 0 aromatic heterocycles. The molecule has 0 saturated heterocycles. The normalized spacial score (nSPS) is 15.1. The van der Waals surface area contributed by atoms with Crippen LogP contribution in [0.25, 0.3) is 0 Å². The Kier molecular flexibility index (Phi) is 8.06. The molecule has 3 aromatic rings. The SMILES string of the molecule is CN(C)Cc1c(NC(=O)Nc2ccc(Oc3ccccc3)cc2)ccc2c1CCC(CN(C)C)C2. The molecule has 2 amide bonds. The van der Waals surface area contributed by atoms with E-state index >= 15 is 0 Å². The first kappa shape index (κ1) is 24.8. The van der Waals surface area contributed by atoms with E-state index in [-0.39, 0.29) is 6.03 Å². The summed E-state index contributed by atoms with van der Waals surface area (Å²) < 4.78 is 5.83. The third-order valence-electron chi connectivity index (χ3n) is 6.28. The van der Waals surface area contributed by atoms with Crippen molar-refractivity contribution in [3.05, 3.63) is 83.4 Å². The lowest BCUT2D eigenvalue weighted by atomic mass is 9.81. The fraction of sp³-hybridized carbons (Fsp3) is 0.345. The van der Waals surface area contributed by atoms with Gasteiger partial charge in [0.2, 0.25) is 0 Å². The van der Waals surface area contributed by atoms with Gasteiger partial charge < -0.3 is 25.2 Å². The minimum Gasteiger partial charge on any atom is -0.457 e. The first-order valence-electron chi connectivity index (χ1n) is 12.2. The second-order valence-electron chi connectivity index (χ2n) is 9.86. The van der Waals surface area contributed by atoms with E-state index in [1.807, 2.05) is 54.6 Å². The third kappa shape index (κ3) is 6.84. The molecule has 6 heteroatoms. The maximum absolute atomic E-state index is 12.9. The van der Waals surface area contributed by atoms with Gasteiger partial charge in [-0.3, -0.25) is 0 Å². The highest BCUT2D eigenvalue weighted by Gasteiger charge is 2.23. The van der Waals surface area contributed by atoms with Crippen LogP contribution >= 0.6 is 0 Å². The zero-order chi connectivity index (χ0) is 24.8. The number of rotatable bonds is 8. The molecule has 0 spiro atoms. The van der Waals surface area contributed by atoms with Crippen LogP contribution in [0.1, 0.15) is 23.1 Å². The molecule has 0 saturated carbocycles. The van der Waals surface area contributed by atoms with Crippen molar-refractivity contribution in [2.45, 2.75) is 25.8 Å². The molecule has 1 atom stereocenters. The van der Waals surface area contributed by atoms with Gasteiger partial charge in [-0.1, -0.05) is 24.3 Å². The summed E-state index contributed by atoms with van der Waals surface area (Å²) in [7, 11) is 8.42. The van der Waals surface area contributed by atoms with Gasteiger partial charge in [-0.15, -0.1) is 0 Å². The fourth-order valence-electron chi connectivity index (χ4n) is 4.81. The Morgan fingerprint density at radius 1 is 0.886 bits per heavy atom. The number of fused-ring (bicyclic) bond motifs is 1. The van der Waals surface area contributed by atoms with Gasteiger partial charge in [-0.25, -0.2) is 4.79 Å². The molecule has 0 heterocycles. The number of nitrogens with zero attached hydrogens (tertiary/aromatic N) is 2. The fourth-order valence-corrected chi connectivity index (χ4v) is 4.81. The number of benzene rings is 3. The van der Waals surface area contributed by atoms with E-state index in [0.29, 0.717) is 11.6 Å². The number of anilines is 2. The van der Waals surface area contributed by atoms with Gasteiger partial charge in [0, 0.05) is 24.5 Å². The highest BCUT2D eigenvalue weighted by molar-refractivity contribution is 6.00. The minimum atomic E-state index is -0.247. The number of ether oxygens (including phenoxy) is 1. The third-order valence-corrected chi connectivity index (χ3v) is 6.28. The van der Waals surface area contributed by atoms with Crippen LogP contribution in [-0.4, -0.2) is 50.6 Å². The van der Waals surface area contributed by atoms with E-state index in [4.69, 9.17) is 4.74 Å². The summed E-state index contributed by atoms with van der Waals surface area (Å²) in [6.45, 7) is 1.91. The molecule has 0 fully saturated rings. The van der Waals surface area contributed by atoms with Crippen LogP contribution in [0.3, 0.4) is 0 Å². The first-order valence-corrected chi connectivity index (χ1v) is 12.2. The monoisotopic (exact) mass is 472 g/mol. The van der Waals surface area contributed by atoms with Gasteiger partial charge in [0.1, 0.15) is 11.5 Å². The van der Waals surface area contributed by atoms with Crippen molar-refractivity contribution < 1.29 is 9.53 Å². The standard InChI is InChI=1S/C29H36N4O2/c1-32(2)19-21-10-16-26-22(18-21)11-17-28(27(26)20-33(3)4)31-29(34)30-23-12-14-25(15-13-23)35-24-8-6-5-7-9-24/h5-9,11-15,17,21H,10,16,18-20H2,1-4H3,(H2,30,31,34). The Morgan fingerprint density at radius 3 is 2.29 bits per heavy atom. The van der Waals surface area contributed by atoms with Crippen molar-refractivity contribution in [3.8, 4) is 11.5 Å². The number of para-hydroxylation sites is 1. The van der Waals surface area contributed by atoms with Crippen LogP contribution in [0.2, 0.25) is 0 Å². The van der Waals surface area contributed by atoms with E-state index in [9.17, 15) is 4.79 Å². The predicted molar refractivity (Wildman–Crippen MR) is 144 cm³/mol. The lowest BCUT2D eigenvalue weighted by Gasteiger charge is -2.30. The molecule has 0 aliphatic heterocycles. The van der Waals surface area contributed by atoms with Crippen LogP contribution in [0.15, 0.2) is 66.7 Å². The average Bonchev–Trinajstić information content (AvgIpc) is 2.82. The molecule has 1 aliphatic rings. The van der Waals surface area contributed by atoms with Crippen molar-refractivity contribution in [1.82, 2.24) is 9.80 Å². The number of carbonyl (C=O) groups is 1. The topological polar surface area (TPSA) is 56.8 Å². The molecule has 1 unspecified atom stereocenters. The highest BCUT2D eigenvalue weighted by atomic mass is 16.5. The Labute approximate surface area is 208 Å². The van der Waals surface area contributed by atoms with E-state index in [0.717, 1.165) is 43.1 Å². The predicted octanol–water partition coefficient (Wildman–Crippen LogP) is 5.85. The summed E-state index contributed by atoms with van der Waals surface area (Å²) in [6.07, 6.45) is 3.33. The number of hydrogen-bond acceptors (Lipinski definition) is 4. The van der Waals surface area contributed by atoms with E-state index in [1.165, 1.54) is 23.1 Å². The molecular weight excluding hydrogens is 436 g/mol. The number of hydrogen-bond donors (Lipinski definition) is 2. The molecule has 0 bridgehead atoms. The summed E-state index contributed by atoms with van der Waals surface area (Å²) in [5.41, 5.74) is 5.62. The van der Waals surface area contributed by atoms with Gasteiger partial charge in [-0.2, -0.15) is 0 Å². The van der Waals surface area contributed by atoms with Crippen molar-refractivity contribution in [3.63, 3.8) is 0 Å². The second kappa shape index (κ2) is 11.4. The van der Waals surface area contributed by atoms with Crippen LogP contribution < -0.4 is 15.4 Å². The maximum atomic E-state index is 12.9. The Morgan fingerprint density at radius 2 is 1.60 bits per heavy atom. The quantitative estimate of drug-likeness (QED) is 0.432. The average molecular weight is 473 g/mol. The smallest absolute Gasteiger partial charge is 0.323 e. The summed E-state index contributed by atoms with van der Waals surface area (Å²) in [6, 6.07) is 21.0. The number of nitrogens with one attached hydrogen (secondary N) is 2. The zero-order valence-corrected chi connectivity index (χ0v) is 21.2. The van der Waals surface area contributed by atoms with Gasteiger partial charge in [0.05, 0.1) is 0 Å². The Bertz CT molecular complexity index is 1130. The van der Waals surface area contributed by atoms with Crippen LogP contribution in [0.4, 0.5) is 16.2 Å². The van der Waals surface area contributed by atoms with Crippen molar-refractivity contribution in [1.29, 1.82) is 0 Å². The summed E-state index contributed by atoms with van der Waals surface area (Å²) in [5, 5.41) is 6.04. The summed E-state index contributed by atoms with van der Waals surface area (Å²) >= 11 is 0. The summed E-state index contributed by atoms with van der Waals surface area (Å²) in [4.78, 5) is 17.3. The number of urea groups is 1. The van der Waals surface area contributed by atoms with Gasteiger partial charge in [-0.05, 0) is 113 Å². The van der Waals surface area contributed by atoms with Gasteiger partial charge in [0.25, 0.3) is 0 Å².